The fourth-order valence-corrected chi connectivity index (χ4v) is 3.05. The van der Waals surface area contributed by atoms with E-state index in [2.05, 4.69) is 25.7 Å². The molecule has 2 rings (SSSR count). The van der Waals surface area contributed by atoms with Gasteiger partial charge in [-0.3, -0.25) is 9.59 Å². The largest absolute Gasteiger partial charge is 0.369 e. The number of anilines is 1. The lowest BCUT2D eigenvalue weighted by molar-refractivity contribution is -0.130. The van der Waals surface area contributed by atoms with Gasteiger partial charge < -0.3 is 14.7 Å². The van der Waals surface area contributed by atoms with E-state index in [1.54, 1.807) is 11.8 Å². The molecule has 1 saturated heterocycles. The second-order valence-corrected chi connectivity index (χ2v) is 6.22. The molecule has 126 valence electrons. The van der Waals surface area contributed by atoms with Crippen LogP contribution in [-0.4, -0.2) is 60.4 Å². The smallest absolute Gasteiger partial charge is 0.253 e. The zero-order valence-corrected chi connectivity index (χ0v) is 14.6. The molecule has 5 heteroatoms. The highest BCUT2D eigenvalue weighted by Crippen LogP contribution is 2.19. The van der Waals surface area contributed by atoms with Crippen molar-refractivity contribution >= 4 is 17.5 Å². The van der Waals surface area contributed by atoms with Crippen LogP contribution in [0.4, 0.5) is 5.69 Å². The fraction of sp³-hybridized carbons (Fsp3) is 0.556. The minimum atomic E-state index is 0.0485. The summed E-state index contributed by atoms with van der Waals surface area (Å²) in [6.45, 7) is 11.4. The molecule has 23 heavy (non-hydrogen) atoms. The molecule has 0 N–H and O–H groups in total. The lowest BCUT2D eigenvalue weighted by Crippen LogP contribution is -2.50. The molecule has 0 unspecified atom stereocenters. The summed E-state index contributed by atoms with van der Waals surface area (Å²) in [6, 6.07) is 8.27. The fourth-order valence-electron chi connectivity index (χ4n) is 3.05. The Hall–Kier alpha value is -2.04. The Balaban J connectivity index is 2.02. The highest BCUT2D eigenvalue weighted by molar-refractivity contribution is 5.94. The monoisotopic (exact) mass is 317 g/mol. The van der Waals surface area contributed by atoms with Gasteiger partial charge in [-0.05, 0) is 45.0 Å². The molecule has 2 amide bonds. The molecule has 0 saturated carbocycles. The number of amides is 2. The molecule has 1 heterocycles. The molecule has 1 fully saturated rings. The average molecular weight is 317 g/mol. The first-order chi connectivity index (χ1) is 10.9. The molecule has 1 aliphatic heterocycles. The number of hydrogen-bond acceptors (Lipinski definition) is 3. The number of benzene rings is 1. The van der Waals surface area contributed by atoms with Crippen molar-refractivity contribution in [2.45, 2.75) is 33.7 Å². The Morgan fingerprint density at radius 3 is 2.00 bits per heavy atom. The van der Waals surface area contributed by atoms with Crippen molar-refractivity contribution in [2.24, 2.45) is 0 Å². The molecule has 5 nitrogen and oxygen atoms in total. The quantitative estimate of drug-likeness (QED) is 0.855. The summed E-state index contributed by atoms with van der Waals surface area (Å²) in [5.41, 5.74) is 1.85. The van der Waals surface area contributed by atoms with E-state index in [0.29, 0.717) is 37.8 Å². The van der Waals surface area contributed by atoms with Crippen LogP contribution in [0.3, 0.4) is 0 Å². The SMILES string of the molecule is CCN(c1ccc(C(=O)N2CCN(C(C)=O)CC2)cc1)C(C)C. The van der Waals surface area contributed by atoms with Crippen LogP contribution in [0.1, 0.15) is 38.1 Å². The van der Waals surface area contributed by atoms with Crippen molar-refractivity contribution in [2.75, 3.05) is 37.6 Å². The van der Waals surface area contributed by atoms with Crippen LogP contribution in [-0.2, 0) is 4.79 Å². The zero-order valence-electron chi connectivity index (χ0n) is 14.6. The van der Waals surface area contributed by atoms with E-state index in [0.717, 1.165) is 12.2 Å². The van der Waals surface area contributed by atoms with Crippen molar-refractivity contribution in [3.63, 3.8) is 0 Å². The average Bonchev–Trinajstić information content (AvgIpc) is 2.55. The Morgan fingerprint density at radius 2 is 1.57 bits per heavy atom. The maximum absolute atomic E-state index is 12.6. The van der Waals surface area contributed by atoms with Gasteiger partial charge in [0.05, 0.1) is 0 Å². The minimum absolute atomic E-state index is 0.0485. The third-order valence-corrected chi connectivity index (χ3v) is 4.42. The summed E-state index contributed by atoms with van der Waals surface area (Å²) in [4.78, 5) is 29.8. The van der Waals surface area contributed by atoms with Crippen molar-refractivity contribution in [1.82, 2.24) is 9.80 Å². The van der Waals surface area contributed by atoms with Gasteiger partial charge in [-0.1, -0.05) is 0 Å². The van der Waals surface area contributed by atoms with Crippen LogP contribution in [0.25, 0.3) is 0 Å². The van der Waals surface area contributed by atoms with Gasteiger partial charge in [-0.25, -0.2) is 0 Å². The second kappa shape index (κ2) is 7.49. The maximum Gasteiger partial charge on any atom is 0.253 e. The Morgan fingerprint density at radius 1 is 1.04 bits per heavy atom. The molecule has 0 radical (unpaired) electrons. The normalized spacial score (nSPS) is 15.0. The second-order valence-electron chi connectivity index (χ2n) is 6.22. The predicted molar refractivity (Wildman–Crippen MR) is 92.8 cm³/mol. The van der Waals surface area contributed by atoms with Crippen molar-refractivity contribution in [3.8, 4) is 0 Å². The van der Waals surface area contributed by atoms with Gasteiger partial charge in [-0.15, -0.1) is 0 Å². The molecule has 0 aromatic heterocycles. The van der Waals surface area contributed by atoms with Crippen LogP contribution in [0, 0.1) is 0 Å². The van der Waals surface area contributed by atoms with Crippen LogP contribution < -0.4 is 4.90 Å². The van der Waals surface area contributed by atoms with Crippen molar-refractivity contribution in [3.05, 3.63) is 29.8 Å². The Kier molecular flexibility index (Phi) is 5.64. The first-order valence-corrected chi connectivity index (χ1v) is 8.35. The van der Waals surface area contributed by atoms with Gasteiger partial charge in [0.2, 0.25) is 5.91 Å². The van der Waals surface area contributed by atoms with Gasteiger partial charge in [0.15, 0.2) is 0 Å². The number of carbonyl (C=O) groups excluding carboxylic acids is 2. The summed E-state index contributed by atoms with van der Waals surface area (Å²) >= 11 is 0. The molecular weight excluding hydrogens is 290 g/mol. The van der Waals surface area contributed by atoms with E-state index in [1.165, 1.54) is 0 Å². The topological polar surface area (TPSA) is 43.9 Å². The molecule has 1 aromatic rings. The minimum Gasteiger partial charge on any atom is -0.369 e. The molecule has 1 aromatic carbocycles. The van der Waals surface area contributed by atoms with Gasteiger partial charge in [0, 0.05) is 56.9 Å². The third-order valence-electron chi connectivity index (χ3n) is 4.42. The third kappa shape index (κ3) is 4.03. The van der Waals surface area contributed by atoms with E-state index >= 15 is 0 Å². The number of carbonyl (C=O) groups is 2. The summed E-state index contributed by atoms with van der Waals surface area (Å²) in [5, 5.41) is 0. The number of nitrogens with zero attached hydrogens (tertiary/aromatic N) is 3. The van der Waals surface area contributed by atoms with Gasteiger partial charge >= 0.3 is 0 Å². The molecule has 0 spiro atoms. The zero-order chi connectivity index (χ0) is 17.0. The van der Waals surface area contributed by atoms with Gasteiger partial charge in [0.25, 0.3) is 5.91 Å². The summed E-state index contributed by atoms with van der Waals surface area (Å²) in [5.74, 6) is 0.127. The number of rotatable bonds is 4. The van der Waals surface area contributed by atoms with E-state index < -0.39 is 0 Å². The van der Waals surface area contributed by atoms with Gasteiger partial charge in [0.1, 0.15) is 0 Å². The van der Waals surface area contributed by atoms with Crippen LogP contribution in [0.5, 0.6) is 0 Å². The Bertz CT molecular complexity index is 546. The first kappa shape index (κ1) is 17.3. The molecule has 0 atom stereocenters. The predicted octanol–water partition coefficient (Wildman–Crippen LogP) is 2.23. The standard InChI is InChI=1S/C18H27N3O2/c1-5-21(14(2)3)17-8-6-16(7-9-17)18(23)20-12-10-19(11-13-20)15(4)22/h6-9,14H,5,10-13H2,1-4H3. The molecule has 0 aliphatic carbocycles. The highest BCUT2D eigenvalue weighted by Gasteiger charge is 2.23. The van der Waals surface area contributed by atoms with Crippen LogP contribution in [0.15, 0.2) is 24.3 Å². The Labute approximate surface area is 138 Å². The van der Waals surface area contributed by atoms with E-state index in [1.807, 2.05) is 29.2 Å². The van der Waals surface area contributed by atoms with E-state index in [-0.39, 0.29) is 11.8 Å². The highest BCUT2D eigenvalue weighted by atomic mass is 16.2. The van der Waals surface area contributed by atoms with E-state index in [9.17, 15) is 9.59 Å². The summed E-state index contributed by atoms with van der Waals surface area (Å²) in [6.07, 6.45) is 0. The van der Waals surface area contributed by atoms with Crippen LogP contribution >= 0.6 is 0 Å². The van der Waals surface area contributed by atoms with Gasteiger partial charge in [-0.2, -0.15) is 0 Å². The van der Waals surface area contributed by atoms with Crippen molar-refractivity contribution in [1.29, 1.82) is 0 Å². The number of hydrogen-bond donors (Lipinski definition) is 0. The van der Waals surface area contributed by atoms with Crippen LogP contribution in [0.2, 0.25) is 0 Å². The summed E-state index contributed by atoms with van der Waals surface area (Å²) < 4.78 is 0. The molecule has 1 aliphatic rings. The lowest BCUT2D eigenvalue weighted by atomic mass is 10.1. The van der Waals surface area contributed by atoms with E-state index in [4.69, 9.17) is 0 Å². The maximum atomic E-state index is 12.6. The summed E-state index contributed by atoms with van der Waals surface area (Å²) in [7, 11) is 0. The van der Waals surface area contributed by atoms with Crippen molar-refractivity contribution < 1.29 is 9.59 Å². The first-order valence-electron chi connectivity index (χ1n) is 8.35. The lowest BCUT2D eigenvalue weighted by Gasteiger charge is -2.34. The molecule has 0 bridgehead atoms. The number of piperazine rings is 1. The molecular formula is C18H27N3O2.